The third-order valence-electron chi connectivity index (χ3n) is 1.97. The van der Waals surface area contributed by atoms with Crippen molar-refractivity contribution in [2.24, 2.45) is 0 Å². The second kappa shape index (κ2) is 7.56. The summed E-state index contributed by atoms with van der Waals surface area (Å²) in [7, 11) is 0. The highest BCUT2D eigenvalue weighted by Gasteiger charge is 2.17. The number of carbonyl (C=O) groups is 1. The second-order valence-electron chi connectivity index (χ2n) is 4.80. The van der Waals surface area contributed by atoms with Crippen LogP contribution in [0, 0.1) is 5.41 Å². The maximum Gasteiger partial charge on any atom is 0.412 e. The zero-order chi connectivity index (χ0) is 15.1. The van der Waals surface area contributed by atoms with Crippen molar-refractivity contribution in [1.29, 1.82) is 5.41 Å². The van der Waals surface area contributed by atoms with Crippen molar-refractivity contribution in [3.63, 3.8) is 0 Å². The molecule has 4 heteroatoms. The molecule has 4 nitrogen and oxygen atoms in total. The SMILES string of the molecule is CC.CC(=N)c1ccccc1NC(=O)OC(C)(C)C. The van der Waals surface area contributed by atoms with Gasteiger partial charge in [-0.15, -0.1) is 0 Å². The number of rotatable bonds is 2. The number of hydrogen-bond acceptors (Lipinski definition) is 3. The van der Waals surface area contributed by atoms with E-state index in [1.54, 1.807) is 45.9 Å². The molecule has 0 aliphatic rings. The number of benzene rings is 1. The van der Waals surface area contributed by atoms with Crippen LogP contribution < -0.4 is 5.32 Å². The van der Waals surface area contributed by atoms with Crippen molar-refractivity contribution in [1.82, 2.24) is 0 Å². The standard InChI is InChI=1S/C13H18N2O2.C2H6/c1-9(14)10-7-5-6-8-11(10)15-12(16)17-13(2,3)4;1-2/h5-8,14H,1-4H3,(H,15,16);1-2H3. The van der Waals surface area contributed by atoms with Gasteiger partial charge >= 0.3 is 6.09 Å². The van der Waals surface area contributed by atoms with Gasteiger partial charge in [0.1, 0.15) is 5.60 Å². The Hall–Kier alpha value is -1.84. The Labute approximate surface area is 115 Å². The largest absolute Gasteiger partial charge is 0.444 e. The van der Waals surface area contributed by atoms with E-state index < -0.39 is 11.7 Å². The molecule has 106 valence electrons. The maximum atomic E-state index is 11.6. The summed E-state index contributed by atoms with van der Waals surface area (Å²) >= 11 is 0. The molecular weight excluding hydrogens is 240 g/mol. The lowest BCUT2D eigenvalue weighted by Gasteiger charge is -2.20. The Morgan fingerprint density at radius 3 is 2.21 bits per heavy atom. The zero-order valence-corrected chi connectivity index (χ0v) is 12.6. The van der Waals surface area contributed by atoms with Gasteiger partial charge in [-0.1, -0.05) is 32.0 Å². The first kappa shape index (κ1) is 17.2. The van der Waals surface area contributed by atoms with E-state index in [1.165, 1.54) is 0 Å². The smallest absolute Gasteiger partial charge is 0.412 e. The molecule has 0 spiro atoms. The lowest BCUT2D eigenvalue weighted by atomic mass is 10.1. The highest BCUT2D eigenvalue weighted by molar-refractivity contribution is 6.03. The third kappa shape index (κ3) is 6.60. The van der Waals surface area contributed by atoms with Crippen LogP contribution in [0.5, 0.6) is 0 Å². The molecule has 0 aliphatic carbocycles. The summed E-state index contributed by atoms with van der Waals surface area (Å²) in [5, 5.41) is 10.3. The van der Waals surface area contributed by atoms with E-state index in [4.69, 9.17) is 10.1 Å². The lowest BCUT2D eigenvalue weighted by Crippen LogP contribution is -2.27. The molecule has 0 saturated carbocycles. The fourth-order valence-electron chi connectivity index (χ4n) is 1.33. The van der Waals surface area contributed by atoms with E-state index in [0.717, 1.165) is 0 Å². The highest BCUT2D eigenvalue weighted by atomic mass is 16.6. The van der Waals surface area contributed by atoms with Crippen molar-refractivity contribution in [3.8, 4) is 0 Å². The number of anilines is 1. The molecule has 1 aromatic carbocycles. The molecule has 0 atom stereocenters. The fourth-order valence-corrected chi connectivity index (χ4v) is 1.33. The number of ether oxygens (including phenoxy) is 1. The first-order valence-corrected chi connectivity index (χ1v) is 6.44. The van der Waals surface area contributed by atoms with Crippen molar-refractivity contribution in [3.05, 3.63) is 29.8 Å². The Balaban J connectivity index is 0.00000154. The topological polar surface area (TPSA) is 62.2 Å². The maximum absolute atomic E-state index is 11.6. The summed E-state index contributed by atoms with van der Waals surface area (Å²) in [5.41, 5.74) is 1.16. The number of amides is 1. The molecule has 2 N–H and O–H groups in total. The van der Waals surface area contributed by atoms with Crippen molar-refractivity contribution in [2.75, 3.05) is 5.32 Å². The number of para-hydroxylation sites is 1. The van der Waals surface area contributed by atoms with E-state index in [-0.39, 0.29) is 0 Å². The second-order valence-corrected chi connectivity index (χ2v) is 4.80. The molecular formula is C15H24N2O2. The van der Waals surface area contributed by atoms with Crippen LogP contribution in [-0.4, -0.2) is 17.4 Å². The van der Waals surface area contributed by atoms with E-state index in [1.807, 2.05) is 19.9 Å². The lowest BCUT2D eigenvalue weighted by molar-refractivity contribution is 0.0636. The number of nitrogens with one attached hydrogen (secondary N) is 2. The Bertz CT molecular complexity index is 434. The van der Waals surface area contributed by atoms with Crippen LogP contribution >= 0.6 is 0 Å². The van der Waals surface area contributed by atoms with Gasteiger partial charge in [0.15, 0.2) is 0 Å². The first-order chi connectivity index (χ1) is 8.79. The van der Waals surface area contributed by atoms with E-state index in [9.17, 15) is 4.79 Å². The summed E-state index contributed by atoms with van der Waals surface area (Å²) in [4.78, 5) is 11.6. The van der Waals surface area contributed by atoms with E-state index in [0.29, 0.717) is 17.0 Å². The number of hydrogen-bond donors (Lipinski definition) is 2. The minimum atomic E-state index is -0.529. The molecule has 1 aromatic rings. The average Bonchev–Trinajstić information content (AvgIpc) is 2.29. The van der Waals surface area contributed by atoms with Gasteiger partial charge in [-0.2, -0.15) is 0 Å². The molecule has 0 aliphatic heterocycles. The summed E-state index contributed by atoms with van der Waals surface area (Å²) < 4.78 is 5.16. The quantitative estimate of drug-likeness (QED) is 0.775. The highest BCUT2D eigenvalue weighted by Crippen LogP contribution is 2.17. The molecule has 0 radical (unpaired) electrons. The first-order valence-electron chi connectivity index (χ1n) is 6.44. The van der Waals surface area contributed by atoms with Crippen molar-refractivity contribution < 1.29 is 9.53 Å². The summed E-state index contributed by atoms with van der Waals surface area (Å²) in [6.07, 6.45) is -0.508. The predicted molar refractivity (Wildman–Crippen MR) is 80.1 cm³/mol. The van der Waals surface area contributed by atoms with Gasteiger partial charge in [0.2, 0.25) is 0 Å². The Morgan fingerprint density at radius 1 is 1.21 bits per heavy atom. The van der Waals surface area contributed by atoms with Crippen LogP contribution in [0.3, 0.4) is 0 Å². The molecule has 0 heterocycles. The molecule has 0 fully saturated rings. The normalized spacial score (nSPS) is 10.0. The van der Waals surface area contributed by atoms with Gasteiger partial charge in [-0.05, 0) is 33.8 Å². The summed E-state index contributed by atoms with van der Waals surface area (Å²) in [5.74, 6) is 0. The van der Waals surface area contributed by atoms with Crippen molar-refractivity contribution >= 4 is 17.5 Å². The van der Waals surface area contributed by atoms with Gasteiger partial charge in [0.25, 0.3) is 0 Å². The monoisotopic (exact) mass is 264 g/mol. The molecule has 0 aromatic heterocycles. The molecule has 19 heavy (non-hydrogen) atoms. The summed E-state index contributed by atoms with van der Waals surface area (Å²) in [6, 6.07) is 7.17. The van der Waals surface area contributed by atoms with Crippen molar-refractivity contribution in [2.45, 2.75) is 47.1 Å². The minimum Gasteiger partial charge on any atom is -0.444 e. The molecule has 1 rings (SSSR count). The van der Waals surface area contributed by atoms with Gasteiger partial charge in [-0.3, -0.25) is 5.32 Å². The van der Waals surface area contributed by atoms with Crippen LogP contribution in [0.4, 0.5) is 10.5 Å². The Kier molecular flexibility index (Phi) is 6.83. The van der Waals surface area contributed by atoms with Crippen LogP contribution in [0.2, 0.25) is 0 Å². The average molecular weight is 264 g/mol. The van der Waals surface area contributed by atoms with Crippen LogP contribution in [0.1, 0.15) is 47.1 Å². The Morgan fingerprint density at radius 2 is 1.74 bits per heavy atom. The number of carbonyl (C=O) groups excluding carboxylic acids is 1. The van der Waals surface area contributed by atoms with Crippen LogP contribution in [0.25, 0.3) is 0 Å². The zero-order valence-electron chi connectivity index (χ0n) is 12.6. The molecule has 0 saturated heterocycles. The summed E-state index contributed by atoms with van der Waals surface area (Å²) in [6.45, 7) is 11.1. The predicted octanol–water partition coefficient (Wildman–Crippen LogP) is 4.45. The minimum absolute atomic E-state index is 0.400. The van der Waals surface area contributed by atoms with Gasteiger partial charge in [-0.25, -0.2) is 4.79 Å². The van der Waals surface area contributed by atoms with Gasteiger partial charge in [0.05, 0.1) is 5.69 Å². The van der Waals surface area contributed by atoms with Gasteiger partial charge < -0.3 is 10.1 Å². The van der Waals surface area contributed by atoms with Gasteiger partial charge in [0, 0.05) is 11.3 Å². The molecule has 0 unspecified atom stereocenters. The van der Waals surface area contributed by atoms with Crippen LogP contribution in [-0.2, 0) is 4.74 Å². The third-order valence-corrected chi connectivity index (χ3v) is 1.97. The molecule has 1 amide bonds. The van der Waals surface area contributed by atoms with E-state index >= 15 is 0 Å². The van der Waals surface area contributed by atoms with Crippen LogP contribution in [0.15, 0.2) is 24.3 Å². The fraction of sp³-hybridized carbons (Fsp3) is 0.467. The van der Waals surface area contributed by atoms with E-state index in [2.05, 4.69) is 5.32 Å². The molecule has 0 bridgehead atoms.